The van der Waals surface area contributed by atoms with Crippen molar-refractivity contribution in [1.82, 2.24) is 4.90 Å². The minimum Gasteiger partial charge on any atom is -0.481 e. The fourth-order valence-electron chi connectivity index (χ4n) is 2.29. The summed E-state index contributed by atoms with van der Waals surface area (Å²) in [6.45, 7) is 5.21. The molecule has 2 amide bonds. The third-order valence-corrected chi connectivity index (χ3v) is 3.48. The van der Waals surface area contributed by atoms with Gasteiger partial charge in [-0.25, -0.2) is 0 Å². The van der Waals surface area contributed by atoms with E-state index in [2.05, 4.69) is 5.32 Å². The lowest BCUT2D eigenvalue weighted by atomic mass is 10.1. The molecular formula is C17H24N2O4. The van der Waals surface area contributed by atoms with Crippen molar-refractivity contribution in [2.24, 2.45) is 0 Å². The molecule has 6 nitrogen and oxygen atoms in total. The molecule has 0 aliphatic rings. The average Bonchev–Trinajstić information content (AvgIpc) is 2.48. The third-order valence-electron chi connectivity index (χ3n) is 3.48. The van der Waals surface area contributed by atoms with Crippen LogP contribution in [0.15, 0.2) is 24.3 Å². The van der Waals surface area contributed by atoms with Crippen LogP contribution >= 0.6 is 0 Å². The van der Waals surface area contributed by atoms with Gasteiger partial charge in [0.25, 0.3) is 0 Å². The molecule has 2 N–H and O–H groups in total. The molecule has 6 heteroatoms. The Bertz CT molecular complexity index is 553. The van der Waals surface area contributed by atoms with Crippen LogP contribution < -0.4 is 5.32 Å². The van der Waals surface area contributed by atoms with Crippen LogP contribution in [0.3, 0.4) is 0 Å². The van der Waals surface area contributed by atoms with Gasteiger partial charge in [-0.1, -0.05) is 12.1 Å². The Morgan fingerprint density at radius 3 is 2.43 bits per heavy atom. The first-order valence-electron chi connectivity index (χ1n) is 7.84. The van der Waals surface area contributed by atoms with Crippen molar-refractivity contribution in [3.8, 4) is 0 Å². The monoisotopic (exact) mass is 320 g/mol. The van der Waals surface area contributed by atoms with E-state index in [-0.39, 0.29) is 24.7 Å². The smallest absolute Gasteiger partial charge is 0.307 e. The van der Waals surface area contributed by atoms with Gasteiger partial charge in [0.15, 0.2) is 0 Å². The minimum absolute atomic E-state index is 0.0613. The molecule has 0 heterocycles. The Labute approximate surface area is 136 Å². The van der Waals surface area contributed by atoms with E-state index in [1.165, 1.54) is 0 Å². The first-order chi connectivity index (χ1) is 11.0. The molecule has 0 atom stereocenters. The van der Waals surface area contributed by atoms with Gasteiger partial charge in [0.05, 0.1) is 6.42 Å². The highest BCUT2D eigenvalue weighted by atomic mass is 16.4. The van der Waals surface area contributed by atoms with Gasteiger partial charge in [0.2, 0.25) is 11.8 Å². The van der Waals surface area contributed by atoms with E-state index in [0.29, 0.717) is 37.2 Å². The number of aliphatic carboxylic acids is 1. The van der Waals surface area contributed by atoms with Crippen LogP contribution in [0.25, 0.3) is 0 Å². The van der Waals surface area contributed by atoms with Gasteiger partial charge < -0.3 is 15.3 Å². The molecule has 1 aromatic rings. The Kier molecular flexibility index (Phi) is 7.80. The maximum absolute atomic E-state index is 11.9. The van der Waals surface area contributed by atoms with Crippen molar-refractivity contribution in [2.75, 3.05) is 18.4 Å². The van der Waals surface area contributed by atoms with Gasteiger partial charge in [-0.2, -0.15) is 0 Å². The van der Waals surface area contributed by atoms with Crippen molar-refractivity contribution < 1.29 is 19.5 Å². The van der Waals surface area contributed by atoms with Crippen LogP contribution in [0.4, 0.5) is 5.69 Å². The number of rotatable bonds is 9. The number of carbonyl (C=O) groups is 3. The number of carboxylic acids is 1. The number of carboxylic acid groups (broad SMARTS) is 1. The Morgan fingerprint density at radius 2 is 1.83 bits per heavy atom. The zero-order valence-corrected chi connectivity index (χ0v) is 13.7. The summed E-state index contributed by atoms with van der Waals surface area (Å²) in [5.41, 5.74) is 1.20. The summed E-state index contributed by atoms with van der Waals surface area (Å²) in [6, 6.07) is 6.77. The van der Waals surface area contributed by atoms with Crippen molar-refractivity contribution in [3.63, 3.8) is 0 Å². The van der Waals surface area contributed by atoms with Crippen molar-refractivity contribution in [1.29, 1.82) is 0 Å². The quantitative estimate of drug-likeness (QED) is 0.731. The number of nitrogens with zero attached hydrogens (tertiary/aromatic N) is 1. The van der Waals surface area contributed by atoms with Gasteiger partial charge in [-0.15, -0.1) is 0 Å². The van der Waals surface area contributed by atoms with E-state index in [4.69, 9.17) is 5.11 Å². The predicted molar refractivity (Wildman–Crippen MR) is 88.2 cm³/mol. The number of carbonyl (C=O) groups excluding carboxylic acids is 2. The van der Waals surface area contributed by atoms with Crippen molar-refractivity contribution >= 4 is 23.5 Å². The molecule has 0 saturated heterocycles. The minimum atomic E-state index is -0.914. The summed E-state index contributed by atoms with van der Waals surface area (Å²) in [6.07, 6.45) is 1.03. The van der Waals surface area contributed by atoms with E-state index < -0.39 is 5.97 Å². The van der Waals surface area contributed by atoms with Gasteiger partial charge >= 0.3 is 5.97 Å². The van der Waals surface area contributed by atoms with E-state index >= 15 is 0 Å². The molecule has 0 bridgehead atoms. The van der Waals surface area contributed by atoms with Crippen LogP contribution in [0.1, 0.15) is 38.7 Å². The molecule has 0 fully saturated rings. The first-order valence-corrected chi connectivity index (χ1v) is 7.84. The van der Waals surface area contributed by atoms with Gasteiger partial charge in [0, 0.05) is 31.6 Å². The first kappa shape index (κ1) is 18.7. The predicted octanol–water partition coefficient (Wildman–Crippen LogP) is 2.29. The standard InChI is InChI=1S/C17H24N2O4/c1-3-19(4-2)16(21)10-6-9-15(20)18-14-8-5-7-13(11-14)12-17(22)23/h5,7-8,11H,3-4,6,9-10,12H2,1-2H3,(H,18,20)(H,22,23). The summed E-state index contributed by atoms with van der Waals surface area (Å²) in [7, 11) is 0. The van der Waals surface area contributed by atoms with Gasteiger partial charge in [0.1, 0.15) is 0 Å². The number of nitrogens with one attached hydrogen (secondary N) is 1. The number of amides is 2. The fourth-order valence-corrected chi connectivity index (χ4v) is 2.29. The van der Waals surface area contributed by atoms with Crippen LogP contribution in [0.2, 0.25) is 0 Å². The zero-order chi connectivity index (χ0) is 17.2. The molecule has 0 aliphatic heterocycles. The lowest BCUT2D eigenvalue weighted by Crippen LogP contribution is -2.30. The Balaban J connectivity index is 2.42. The molecule has 0 radical (unpaired) electrons. The molecule has 0 unspecified atom stereocenters. The molecule has 1 rings (SSSR count). The van der Waals surface area contributed by atoms with E-state index in [9.17, 15) is 14.4 Å². The van der Waals surface area contributed by atoms with Crippen molar-refractivity contribution in [3.05, 3.63) is 29.8 Å². The molecule has 0 aromatic heterocycles. The van der Waals surface area contributed by atoms with Gasteiger partial charge in [-0.05, 0) is 38.0 Å². The fraction of sp³-hybridized carbons (Fsp3) is 0.471. The third kappa shape index (κ3) is 6.95. The topological polar surface area (TPSA) is 86.7 Å². The highest BCUT2D eigenvalue weighted by Crippen LogP contribution is 2.12. The molecule has 0 spiro atoms. The maximum Gasteiger partial charge on any atom is 0.307 e. The van der Waals surface area contributed by atoms with E-state index in [0.717, 1.165) is 0 Å². The normalized spacial score (nSPS) is 10.2. The maximum atomic E-state index is 11.9. The molecule has 0 saturated carbocycles. The number of hydrogen-bond donors (Lipinski definition) is 2. The second kappa shape index (κ2) is 9.61. The highest BCUT2D eigenvalue weighted by Gasteiger charge is 2.10. The second-order valence-corrected chi connectivity index (χ2v) is 5.24. The zero-order valence-electron chi connectivity index (χ0n) is 13.7. The summed E-state index contributed by atoms with van der Waals surface area (Å²) in [5.74, 6) is -1.03. The number of anilines is 1. The van der Waals surface area contributed by atoms with Crippen molar-refractivity contribution in [2.45, 2.75) is 39.5 Å². The largest absolute Gasteiger partial charge is 0.481 e. The number of hydrogen-bond acceptors (Lipinski definition) is 3. The lowest BCUT2D eigenvalue weighted by molar-refractivity contribution is -0.136. The average molecular weight is 320 g/mol. The summed E-state index contributed by atoms with van der Waals surface area (Å²) < 4.78 is 0. The van der Waals surface area contributed by atoms with Crippen LogP contribution in [-0.4, -0.2) is 40.9 Å². The molecule has 126 valence electrons. The van der Waals surface area contributed by atoms with Crippen LogP contribution in [0.5, 0.6) is 0 Å². The Morgan fingerprint density at radius 1 is 1.13 bits per heavy atom. The summed E-state index contributed by atoms with van der Waals surface area (Å²) in [4.78, 5) is 36.1. The van der Waals surface area contributed by atoms with Crippen LogP contribution in [0, 0.1) is 0 Å². The lowest BCUT2D eigenvalue weighted by Gasteiger charge is -2.18. The summed E-state index contributed by atoms with van der Waals surface area (Å²) >= 11 is 0. The molecule has 1 aromatic carbocycles. The Hall–Kier alpha value is -2.37. The molecular weight excluding hydrogens is 296 g/mol. The van der Waals surface area contributed by atoms with Crippen LogP contribution in [-0.2, 0) is 20.8 Å². The van der Waals surface area contributed by atoms with Gasteiger partial charge in [-0.3, -0.25) is 14.4 Å². The van der Waals surface area contributed by atoms with E-state index in [1.54, 1.807) is 29.2 Å². The molecule has 23 heavy (non-hydrogen) atoms. The summed E-state index contributed by atoms with van der Waals surface area (Å²) in [5, 5.41) is 11.5. The SMILES string of the molecule is CCN(CC)C(=O)CCCC(=O)Nc1cccc(CC(=O)O)c1. The second-order valence-electron chi connectivity index (χ2n) is 5.24. The molecule has 0 aliphatic carbocycles. The number of benzene rings is 1. The van der Waals surface area contributed by atoms with E-state index in [1.807, 2.05) is 13.8 Å². The highest BCUT2D eigenvalue weighted by molar-refractivity contribution is 5.91.